The van der Waals surface area contributed by atoms with E-state index in [1.165, 1.54) is 17.8 Å². The summed E-state index contributed by atoms with van der Waals surface area (Å²) in [6, 6.07) is 21.2. The molecule has 0 radical (unpaired) electrons. The number of aromatic nitrogens is 1. The minimum absolute atomic E-state index is 0.201. The number of nitrogens with zero attached hydrogens (tertiary/aromatic N) is 1. The van der Waals surface area contributed by atoms with Crippen LogP contribution in [0.4, 0.5) is 0 Å². The van der Waals surface area contributed by atoms with Crippen LogP contribution in [-0.4, -0.2) is 23.3 Å². The maximum atomic E-state index is 12.4. The van der Waals surface area contributed by atoms with Crippen LogP contribution >= 0.6 is 0 Å². The van der Waals surface area contributed by atoms with Crippen LogP contribution in [0.15, 0.2) is 72.9 Å². The summed E-state index contributed by atoms with van der Waals surface area (Å²) in [6.07, 6.45) is 3.25. The molecule has 0 fully saturated rings. The van der Waals surface area contributed by atoms with Crippen LogP contribution in [0, 0.1) is 6.92 Å². The van der Waals surface area contributed by atoms with Gasteiger partial charge in [-0.1, -0.05) is 60.2 Å². The van der Waals surface area contributed by atoms with E-state index >= 15 is 0 Å². The van der Waals surface area contributed by atoms with Crippen LogP contribution in [0.3, 0.4) is 0 Å². The Morgan fingerprint density at radius 1 is 0.862 bits per heavy atom. The van der Waals surface area contributed by atoms with Gasteiger partial charge in [-0.25, -0.2) is 0 Å². The van der Waals surface area contributed by atoms with Crippen molar-refractivity contribution in [1.29, 1.82) is 0 Å². The molecule has 1 aromatic heterocycles. The SMILES string of the molecule is Cc1cccc(CNC(=O)c2cc(C(=O)NCCCc3ccccc3)ccn2)c1. The Morgan fingerprint density at radius 3 is 2.45 bits per heavy atom. The van der Waals surface area contributed by atoms with Gasteiger partial charge < -0.3 is 10.6 Å². The largest absolute Gasteiger partial charge is 0.352 e. The maximum absolute atomic E-state index is 12.4. The van der Waals surface area contributed by atoms with Crippen molar-refractivity contribution in [2.24, 2.45) is 0 Å². The molecule has 0 aliphatic carbocycles. The summed E-state index contributed by atoms with van der Waals surface area (Å²) in [5.74, 6) is -0.501. The van der Waals surface area contributed by atoms with Crippen molar-refractivity contribution in [3.8, 4) is 0 Å². The highest BCUT2D eigenvalue weighted by Gasteiger charge is 2.11. The van der Waals surface area contributed by atoms with Crippen LogP contribution in [0.1, 0.15) is 44.0 Å². The van der Waals surface area contributed by atoms with E-state index in [1.54, 1.807) is 6.07 Å². The van der Waals surface area contributed by atoms with E-state index in [0.29, 0.717) is 18.7 Å². The van der Waals surface area contributed by atoms with Crippen molar-refractivity contribution in [1.82, 2.24) is 15.6 Å². The molecule has 0 bridgehead atoms. The number of nitrogens with one attached hydrogen (secondary N) is 2. The summed E-state index contributed by atoms with van der Waals surface area (Å²) in [7, 11) is 0. The molecule has 0 unspecified atom stereocenters. The van der Waals surface area contributed by atoms with E-state index in [9.17, 15) is 9.59 Å². The Kier molecular flexibility index (Phi) is 7.11. The van der Waals surface area contributed by atoms with Gasteiger partial charge in [-0.05, 0) is 43.0 Å². The lowest BCUT2D eigenvalue weighted by Crippen LogP contribution is -2.27. The number of benzene rings is 2. The number of hydrogen-bond donors (Lipinski definition) is 2. The molecule has 0 spiro atoms. The van der Waals surface area contributed by atoms with Gasteiger partial charge in [-0.3, -0.25) is 14.6 Å². The van der Waals surface area contributed by atoms with Crippen LogP contribution in [-0.2, 0) is 13.0 Å². The van der Waals surface area contributed by atoms with E-state index in [1.807, 2.05) is 49.4 Å². The van der Waals surface area contributed by atoms with E-state index in [2.05, 4.69) is 27.8 Å². The fraction of sp³-hybridized carbons (Fsp3) is 0.208. The number of amides is 2. The predicted molar refractivity (Wildman–Crippen MR) is 114 cm³/mol. The molecule has 3 rings (SSSR count). The number of carbonyl (C=O) groups excluding carboxylic acids is 2. The average molecular weight is 387 g/mol. The average Bonchev–Trinajstić information content (AvgIpc) is 2.76. The van der Waals surface area contributed by atoms with Crippen molar-refractivity contribution in [3.63, 3.8) is 0 Å². The van der Waals surface area contributed by atoms with Gasteiger partial charge in [-0.15, -0.1) is 0 Å². The molecule has 148 valence electrons. The van der Waals surface area contributed by atoms with Gasteiger partial charge in [0, 0.05) is 24.8 Å². The molecule has 0 aliphatic rings. The third-order valence-electron chi connectivity index (χ3n) is 4.56. The Balaban J connectivity index is 1.50. The third-order valence-corrected chi connectivity index (χ3v) is 4.56. The molecule has 5 heteroatoms. The smallest absolute Gasteiger partial charge is 0.270 e. The van der Waals surface area contributed by atoms with Gasteiger partial charge >= 0.3 is 0 Å². The van der Waals surface area contributed by atoms with Crippen molar-refractivity contribution in [3.05, 3.63) is 101 Å². The Labute approximate surface area is 171 Å². The zero-order valence-corrected chi connectivity index (χ0v) is 16.5. The van der Waals surface area contributed by atoms with E-state index in [-0.39, 0.29) is 17.5 Å². The minimum atomic E-state index is -0.301. The normalized spacial score (nSPS) is 10.4. The number of carbonyl (C=O) groups is 2. The van der Waals surface area contributed by atoms with Gasteiger partial charge in [0.25, 0.3) is 11.8 Å². The number of aryl methyl sites for hydroxylation is 2. The molecular formula is C24H25N3O2. The summed E-state index contributed by atoms with van der Waals surface area (Å²) in [5.41, 5.74) is 4.07. The highest BCUT2D eigenvalue weighted by Crippen LogP contribution is 2.06. The van der Waals surface area contributed by atoms with Crippen molar-refractivity contribution < 1.29 is 9.59 Å². The Morgan fingerprint density at radius 2 is 1.66 bits per heavy atom. The lowest BCUT2D eigenvalue weighted by atomic mass is 10.1. The molecule has 3 aromatic rings. The third kappa shape index (κ3) is 6.28. The molecule has 29 heavy (non-hydrogen) atoms. The van der Waals surface area contributed by atoms with Crippen molar-refractivity contribution in [2.75, 3.05) is 6.54 Å². The molecule has 2 N–H and O–H groups in total. The van der Waals surface area contributed by atoms with Gasteiger partial charge in [-0.2, -0.15) is 0 Å². The first kappa shape index (κ1) is 20.3. The van der Waals surface area contributed by atoms with E-state index < -0.39 is 0 Å². The van der Waals surface area contributed by atoms with E-state index in [4.69, 9.17) is 0 Å². The van der Waals surface area contributed by atoms with E-state index in [0.717, 1.165) is 24.0 Å². The number of pyridine rings is 1. The zero-order valence-electron chi connectivity index (χ0n) is 16.5. The van der Waals surface area contributed by atoms with Crippen LogP contribution in [0.5, 0.6) is 0 Å². The van der Waals surface area contributed by atoms with Gasteiger partial charge in [0.05, 0.1) is 0 Å². The minimum Gasteiger partial charge on any atom is -0.352 e. The lowest BCUT2D eigenvalue weighted by molar-refractivity contribution is 0.0946. The quantitative estimate of drug-likeness (QED) is 0.579. The highest BCUT2D eigenvalue weighted by molar-refractivity contribution is 5.98. The fourth-order valence-corrected chi connectivity index (χ4v) is 3.03. The summed E-state index contributed by atoms with van der Waals surface area (Å²) < 4.78 is 0. The van der Waals surface area contributed by atoms with Crippen LogP contribution in [0.2, 0.25) is 0 Å². The molecule has 0 atom stereocenters. The molecule has 0 saturated carbocycles. The molecule has 0 saturated heterocycles. The highest BCUT2D eigenvalue weighted by atomic mass is 16.2. The lowest BCUT2D eigenvalue weighted by Gasteiger charge is -2.08. The molecular weight excluding hydrogens is 362 g/mol. The van der Waals surface area contributed by atoms with Crippen LogP contribution < -0.4 is 10.6 Å². The molecule has 2 aromatic carbocycles. The van der Waals surface area contributed by atoms with Gasteiger partial charge in [0.1, 0.15) is 5.69 Å². The first-order valence-corrected chi connectivity index (χ1v) is 9.74. The molecule has 5 nitrogen and oxygen atoms in total. The summed E-state index contributed by atoms with van der Waals surface area (Å²) in [6.45, 7) is 3.00. The van der Waals surface area contributed by atoms with Crippen LogP contribution in [0.25, 0.3) is 0 Å². The first-order chi connectivity index (χ1) is 14.1. The standard InChI is InChI=1S/C24H25N3O2/c1-18-7-5-10-20(15-18)17-27-24(29)22-16-21(12-14-25-22)23(28)26-13-6-11-19-8-3-2-4-9-19/h2-5,7-10,12,14-16H,6,11,13,17H2,1H3,(H,26,28)(H,27,29). The molecule has 2 amide bonds. The second-order valence-electron chi connectivity index (χ2n) is 6.95. The van der Waals surface area contributed by atoms with Gasteiger partial charge in [0.15, 0.2) is 0 Å². The topological polar surface area (TPSA) is 71.1 Å². The summed E-state index contributed by atoms with van der Waals surface area (Å²) >= 11 is 0. The zero-order chi connectivity index (χ0) is 20.5. The predicted octanol–water partition coefficient (Wildman–Crippen LogP) is 3.68. The number of rotatable bonds is 8. The molecule has 1 heterocycles. The molecule has 0 aliphatic heterocycles. The second kappa shape index (κ2) is 10.2. The van der Waals surface area contributed by atoms with Crippen molar-refractivity contribution in [2.45, 2.75) is 26.3 Å². The number of hydrogen-bond acceptors (Lipinski definition) is 3. The second-order valence-corrected chi connectivity index (χ2v) is 6.95. The fourth-order valence-electron chi connectivity index (χ4n) is 3.03. The Hall–Kier alpha value is -3.47. The van der Waals surface area contributed by atoms with Gasteiger partial charge in [0.2, 0.25) is 0 Å². The maximum Gasteiger partial charge on any atom is 0.270 e. The van der Waals surface area contributed by atoms with Crippen molar-refractivity contribution >= 4 is 11.8 Å². The first-order valence-electron chi connectivity index (χ1n) is 9.74. The summed E-state index contributed by atoms with van der Waals surface area (Å²) in [4.78, 5) is 28.9. The Bertz CT molecular complexity index is 971. The summed E-state index contributed by atoms with van der Waals surface area (Å²) in [5, 5.41) is 5.75. The monoisotopic (exact) mass is 387 g/mol.